The SMILES string of the molecule is C.CCN(C)CCCc1cccc2[nH]cc(S(=O)(=O)c3ccccc3)c12.CCNC.CI.Cc1ccc(S(=O)(=O)OCCCc2cccc3[nH]cc(S(=O)(=O)c4ccccc4)c23)cc1. The van der Waals surface area contributed by atoms with Crippen LogP contribution < -0.4 is 5.32 Å². The number of aryl methyl sites for hydroxylation is 3. The second-order valence-corrected chi connectivity index (χ2v) is 20.0. The van der Waals surface area contributed by atoms with E-state index in [1.165, 1.54) is 18.3 Å². The van der Waals surface area contributed by atoms with Gasteiger partial charge in [-0.15, -0.1) is 0 Å². The van der Waals surface area contributed by atoms with Crippen molar-refractivity contribution in [1.29, 1.82) is 0 Å². The second-order valence-electron chi connectivity index (χ2n) is 14.5. The molecule has 3 N–H and O–H groups in total. The van der Waals surface area contributed by atoms with Gasteiger partial charge in [-0.25, -0.2) is 16.8 Å². The van der Waals surface area contributed by atoms with Gasteiger partial charge in [0.25, 0.3) is 10.1 Å². The highest BCUT2D eigenvalue weighted by molar-refractivity contribution is 14.1. The molecular formula is C49H63IN4O7S3. The van der Waals surface area contributed by atoms with Gasteiger partial charge in [0.1, 0.15) is 0 Å². The highest BCUT2D eigenvalue weighted by Gasteiger charge is 2.24. The summed E-state index contributed by atoms with van der Waals surface area (Å²) in [6, 6.07) is 34.9. The molecule has 2 heterocycles. The molecule has 346 valence electrons. The number of halogens is 1. The zero-order chi connectivity index (χ0) is 46.0. The number of aromatic amines is 2. The molecule has 0 fully saturated rings. The minimum Gasteiger partial charge on any atom is -0.360 e. The smallest absolute Gasteiger partial charge is 0.296 e. The van der Waals surface area contributed by atoms with Crippen LogP contribution in [0.25, 0.3) is 21.8 Å². The average molecular weight is 1040 g/mol. The van der Waals surface area contributed by atoms with Crippen LogP contribution in [0.3, 0.4) is 0 Å². The Labute approximate surface area is 395 Å². The Hall–Kier alpha value is -4.36. The molecule has 15 heteroatoms. The van der Waals surface area contributed by atoms with Gasteiger partial charge >= 0.3 is 0 Å². The molecule has 0 bridgehead atoms. The lowest BCUT2D eigenvalue weighted by Crippen LogP contribution is -2.19. The Morgan fingerprint density at radius 1 is 0.609 bits per heavy atom. The van der Waals surface area contributed by atoms with Gasteiger partial charge in [-0.05, 0) is 131 Å². The normalized spacial score (nSPS) is 11.4. The molecule has 0 saturated carbocycles. The molecule has 5 aromatic carbocycles. The zero-order valence-corrected chi connectivity index (χ0v) is 41.4. The van der Waals surface area contributed by atoms with E-state index in [0.717, 1.165) is 60.1 Å². The minimum absolute atomic E-state index is 0. The molecule has 0 saturated heterocycles. The molecule has 11 nitrogen and oxygen atoms in total. The minimum atomic E-state index is -3.83. The van der Waals surface area contributed by atoms with E-state index < -0.39 is 29.8 Å². The first-order valence-electron chi connectivity index (χ1n) is 20.7. The van der Waals surface area contributed by atoms with Gasteiger partial charge in [0.2, 0.25) is 19.7 Å². The first kappa shape index (κ1) is 54.0. The number of aromatic nitrogens is 2. The van der Waals surface area contributed by atoms with E-state index in [1.54, 1.807) is 72.9 Å². The van der Waals surface area contributed by atoms with Crippen molar-refractivity contribution in [1.82, 2.24) is 20.2 Å². The average Bonchev–Trinajstić information content (AvgIpc) is 3.97. The summed E-state index contributed by atoms with van der Waals surface area (Å²) in [5, 5.41) is 4.38. The summed E-state index contributed by atoms with van der Waals surface area (Å²) >= 11 is 2.15. The van der Waals surface area contributed by atoms with Crippen molar-refractivity contribution in [2.24, 2.45) is 0 Å². The zero-order valence-electron chi connectivity index (χ0n) is 36.8. The van der Waals surface area contributed by atoms with Crippen molar-refractivity contribution >= 4 is 74.2 Å². The van der Waals surface area contributed by atoms with Crippen LogP contribution in [0, 0.1) is 6.92 Å². The van der Waals surface area contributed by atoms with Crippen LogP contribution >= 0.6 is 22.6 Å². The highest BCUT2D eigenvalue weighted by atomic mass is 127. The lowest BCUT2D eigenvalue weighted by Gasteiger charge is -2.14. The molecule has 64 heavy (non-hydrogen) atoms. The van der Waals surface area contributed by atoms with Crippen LogP contribution in [0.15, 0.2) is 158 Å². The summed E-state index contributed by atoms with van der Waals surface area (Å²) in [7, 11) is -7.03. The van der Waals surface area contributed by atoms with Crippen LogP contribution in [-0.4, -0.2) is 85.4 Å². The fraction of sp³-hybridized carbons (Fsp3) is 0.306. The van der Waals surface area contributed by atoms with Crippen molar-refractivity contribution < 1.29 is 29.4 Å². The number of nitrogens with zero attached hydrogens (tertiary/aromatic N) is 1. The van der Waals surface area contributed by atoms with Crippen LogP contribution in [0.1, 0.15) is 50.8 Å². The van der Waals surface area contributed by atoms with Gasteiger partial charge in [-0.1, -0.05) is 122 Å². The summed E-state index contributed by atoms with van der Waals surface area (Å²) in [4.78, 5) is 11.6. The first-order valence-corrected chi connectivity index (χ1v) is 27.2. The largest absolute Gasteiger partial charge is 0.360 e. The number of nitrogens with one attached hydrogen (secondary N) is 3. The molecule has 0 aliphatic rings. The lowest BCUT2D eigenvalue weighted by molar-refractivity contribution is 0.312. The third-order valence-electron chi connectivity index (χ3n) is 10.2. The van der Waals surface area contributed by atoms with Crippen LogP contribution in [0.2, 0.25) is 0 Å². The van der Waals surface area contributed by atoms with E-state index in [2.05, 4.69) is 63.7 Å². The van der Waals surface area contributed by atoms with E-state index in [0.29, 0.717) is 33.5 Å². The summed E-state index contributed by atoms with van der Waals surface area (Å²) in [5.41, 5.74) is 4.44. The van der Waals surface area contributed by atoms with Crippen molar-refractivity contribution in [2.45, 2.75) is 78.4 Å². The molecule has 7 rings (SSSR count). The third-order valence-corrected chi connectivity index (χ3v) is 15.1. The van der Waals surface area contributed by atoms with Crippen LogP contribution in [0.4, 0.5) is 0 Å². The van der Waals surface area contributed by atoms with Gasteiger partial charge in [0.15, 0.2) is 0 Å². The number of H-pyrrole nitrogens is 2. The molecule has 2 aromatic heterocycles. The maximum absolute atomic E-state index is 13.2. The molecular weight excluding hydrogens is 980 g/mol. The van der Waals surface area contributed by atoms with Gasteiger partial charge in [-0.3, -0.25) is 4.18 Å². The van der Waals surface area contributed by atoms with E-state index in [-0.39, 0.29) is 28.7 Å². The molecule has 0 aliphatic carbocycles. The Kier molecular flexibility index (Phi) is 21.9. The predicted octanol–water partition coefficient (Wildman–Crippen LogP) is 10.4. The van der Waals surface area contributed by atoms with E-state index in [1.807, 2.05) is 61.4 Å². The topological polar surface area (TPSA) is 158 Å². The Morgan fingerprint density at radius 2 is 1.05 bits per heavy atom. The fourth-order valence-corrected chi connectivity index (χ4v) is 10.6. The van der Waals surface area contributed by atoms with E-state index in [9.17, 15) is 25.3 Å². The van der Waals surface area contributed by atoms with Gasteiger partial charge in [-0.2, -0.15) is 8.42 Å². The molecule has 0 radical (unpaired) electrons. The fourth-order valence-electron chi connectivity index (χ4n) is 6.65. The maximum Gasteiger partial charge on any atom is 0.296 e. The van der Waals surface area contributed by atoms with Gasteiger partial charge < -0.3 is 20.2 Å². The summed E-state index contributed by atoms with van der Waals surface area (Å²) in [6.07, 6.45) is 5.87. The number of alkyl halides is 1. The molecule has 0 atom stereocenters. The molecule has 0 unspecified atom stereocenters. The number of sulfone groups is 2. The van der Waals surface area contributed by atoms with Crippen molar-refractivity contribution in [3.8, 4) is 0 Å². The molecule has 0 amide bonds. The quantitative estimate of drug-likeness (QED) is 0.0371. The molecule has 0 aliphatic heterocycles. The lowest BCUT2D eigenvalue weighted by atomic mass is 10.1. The third kappa shape index (κ3) is 14.1. The Bertz CT molecular complexity index is 2810. The Morgan fingerprint density at radius 3 is 1.47 bits per heavy atom. The van der Waals surface area contributed by atoms with Crippen LogP contribution in [0.5, 0.6) is 0 Å². The highest BCUT2D eigenvalue weighted by Crippen LogP contribution is 2.33. The number of hydrogen-bond acceptors (Lipinski definition) is 9. The van der Waals surface area contributed by atoms with E-state index in [4.69, 9.17) is 4.18 Å². The van der Waals surface area contributed by atoms with Crippen molar-refractivity contribution in [3.05, 3.63) is 150 Å². The maximum atomic E-state index is 13.2. The number of fused-ring (bicyclic) bond motifs is 2. The van der Waals surface area contributed by atoms with Gasteiger partial charge in [0.05, 0.1) is 31.1 Å². The molecule has 0 spiro atoms. The van der Waals surface area contributed by atoms with Crippen molar-refractivity contribution in [3.63, 3.8) is 0 Å². The summed E-state index contributed by atoms with van der Waals surface area (Å²) in [6.45, 7) is 9.17. The number of rotatable bonds is 16. The number of hydrogen-bond donors (Lipinski definition) is 3. The summed E-state index contributed by atoms with van der Waals surface area (Å²) in [5.74, 6) is 0. The number of benzene rings is 5. The first-order chi connectivity index (χ1) is 30.2. The van der Waals surface area contributed by atoms with E-state index >= 15 is 0 Å². The Balaban J connectivity index is 0.000000306. The van der Waals surface area contributed by atoms with Crippen LogP contribution in [-0.2, 0) is 46.8 Å². The van der Waals surface area contributed by atoms with Crippen molar-refractivity contribution in [2.75, 3.05) is 45.3 Å². The monoisotopic (exact) mass is 1040 g/mol. The molecule has 7 aromatic rings. The predicted molar refractivity (Wildman–Crippen MR) is 271 cm³/mol. The second kappa shape index (κ2) is 26.0. The summed E-state index contributed by atoms with van der Waals surface area (Å²) < 4.78 is 82.4. The standard InChI is InChI=1S/C24H23NO5S2.C20H24N2O2S.C3H9N.CH3I.CH4/c1-18-12-14-21(15-13-18)32(28,29)30-16-6-8-19-7-5-11-22-24(19)23(17-25-22)31(26,27)20-9-3-2-4-10-20;1-3-22(2)14-8-10-16-9-7-13-18-20(16)19(15-21-18)25(23,24)17-11-5-4-6-12-17;1-3-4-2;1-2;/h2-5,7,9-15,17,25H,6,8,16H2,1H3;4-7,9,11-13,15,21H,3,8,10,14H2,1-2H3;4H,3H2,1-2H3;1H3;1H4. The van der Waals surface area contributed by atoms with Gasteiger partial charge in [0, 0.05) is 34.2 Å².